The van der Waals surface area contributed by atoms with Crippen LogP contribution in [0.1, 0.15) is 0 Å². The lowest BCUT2D eigenvalue weighted by Crippen LogP contribution is -2.23. The molecule has 0 aromatic carbocycles. The second-order valence-corrected chi connectivity index (χ2v) is 11.2. The van der Waals surface area contributed by atoms with E-state index in [1.807, 2.05) is 12.4 Å². The van der Waals surface area contributed by atoms with Crippen molar-refractivity contribution >= 4 is 28.0 Å². The number of rotatable bonds is 3. The van der Waals surface area contributed by atoms with Crippen LogP contribution < -0.4 is 10.4 Å². The maximum absolute atomic E-state index is 4.53. The van der Waals surface area contributed by atoms with Gasteiger partial charge in [0, 0.05) is 12.4 Å². The van der Waals surface area contributed by atoms with E-state index in [4.69, 9.17) is 0 Å². The molecule has 2 nitrogen and oxygen atoms in total. The molecule has 2 aromatic rings. The molecule has 0 fully saturated rings. The largest absolute Gasteiger partial charge is 0.255 e. The molecule has 0 N–H and O–H groups in total. The van der Waals surface area contributed by atoms with Gasteiger partial charge in [-0.15, -0.1) is 0 Å². The number of hydrogen-bond donors (Lipinski definition) is 0. The van der Waals surface area contributed by atoms with E-state index in [0.29, 0.717) is 0 Å². The van der Waals surface area contributed by atoms with Crippen LogP contribution in [0.5, 0.6) is 0 Å². The Morgan fingerprint density at radius 2 is 1.06 bits per heavy atom. The predicted molar refractivity (Wildman–Crippen MR) is 84.5 cm³/mol. The molecule has 0 aliphatic carbocycles. The third kappa shape index (κ3) is 2.94. The molecule has 0 atom stereocenters. The van der Waals surface area contributed by atoms with Gasteiger partial charge in [0.1, 0.15) is 0 Å². The molecule has 18 heavy (non-hydrogen) atoms. The molecule has 0 amide bonds. The van der Waals surface area contributed by atoms with Crippen molar-refractivity contribution < 1.29 is 0 Å². The second-order valence-electron chi connectivity index (χ2n) is 5.26. The summed E-state index contributed by atoms with van der Waals surface area (Å²) in [5.74, 6) is 0. The Hall–Kier alpha value is -1.27. The first-order valence-electron chi connectivity index (χ1n) is 6.50. The highest BCUT2D eigenvalue weighted by Gasteiger charge is 2.05. The van der Waals surface area contributed by atoms with Crippen LogP contribution in [0.4, 0.5) is 0 Å². The summed E-state index contributed by atoms with van der Waals surface area (Å²) >= 11 is 0. The third-order valence-corrected chi connectivity index (χ3v) is 6.52. The van der Waals surface area contributed by atoms with Gasteiger partial charge in [-0.3, -0.25) is 9.97 Å². The molecule has 2 aromatic heterocycles. The molecule has 2 heterocycles. The Morgan fingerprint density at radius 3 is 1.28 bits per heavy atom. The van der Waals surface area contributed by atoms with Crippen LogP contribution in [0.25, 0.3) is 11.4 Å². The average Bonchev–Trinajstić information content (AvgIpc) is 2.39. The average molecular weight is 272 g/mol. The summed E-state index contributed by atoms with van der Waals surface area (Å²) in [6, 6.07) is 8.59. The maximum Gasteiger partial charge on any atom is 0.0885 e. The highest BCUT2D eigenvalue weighted by Crippen LogP contribution is 2.11. The third-order valence-electron chi connectivity index (χ3n) is 3.17. The van der Waals surface area contributed by atoms with E-state index in [9.17, 15) is 0 Å². The van der Waals surface area contributed by atoms with Gasteiger partial charge in [0.25, 0.3) is 0 Å². The summed E-state index contributed by atoms with van der Waals surface area (Å²) in [5, 5.41) is 2.81. The van der Waals surface area contributed by atoms with Crippen LogP contribution in [-0.4, -0.2) is 27.6 Å². The molecule has 94 valence electrons. The van der Waals surface area contributed by atoms with Crippen LogP contribution in [0.3, 0.4) is 0 Å². The van der Waals surface area contributed by atoms with Crippen LogP contribution >= 0.6 is 0 Å². The van der Waals surface area contributed by atoms with E-state index in [0.717, 1.165) is 11.4 Å². The fourth-order valence-electron chi connectivity index (χ4n) is 1.80. The monoisotopic (exact) mass is 272 g/mol. The summed E-state index contributed by atoms with van der Waals surface area (Å²) in [5.41, 5.74) is 1.95. The second kappa shape index (κ2) is 5.58. The van der Waals surface area contributed by atoms with Crippen molar-refractivity contribution in [1.29, 1.82) is 0 Å². The van der Waals surface area contributed by atoms with Gasteiger partial charge in [0.05, 0.1) is 29.0 Å². The van der Waals surface area contributed by atoms with Gasteiger partial charge in [-0.2, -0.15) is 0 Å². The molecular formula is C14H20N2Si2. The minimum absolute atomic E-state index is 0.742. The molecular weight excluding hydrogens is 252 g/mol. The number of aromatic nitrogens is 2. The first-order valence-corrected chi connectivity index (χ1v) is 12.3. The van der Waals surface area contributed by atoms with Crippen molar-refractivity contribution in [2.75, 3.05) is 0 Å². The van der Waals surface area contributed by atoms with Crippen molar-refractivity contribution in [2.45, 2.75) is 26.2 Å². The molecule has 0 spiro atoms. The van der Waals surface area contributed by atoms with Gasteiger partial charge in [-0.25, -0.2) is 0 Å². The molecule has 0 aliphatic rings. The quantitative estimate of drug-likeness (QED) is 0.792. The fraction of sp³-hybridized carbons (Fsp3) is 0.286. The summed E-state index contributed by atoms with van der Waals surface area (Å²) in [7, 11) is -1.48. The zero-order valence-corrected chi connectivity index (χ0v) is 13.8. The highest BCUT2D eigenvalue weighted by atomic mass is 28.3. The summed E-state index contributed by atoms with van der Waals surface area (Å²) in [6.45, 7) is 9.27. The normalized spacial score (nSPS) is 11.2. The van der Waals surface area contributed by atoms with Crippen molar-refractivity contribution in [2.24, 2.45) is 0 Å². The van der Waals surface area contributed by atoms with Crippen molar-refractivity contribution in [3.8, 4) is 11.4 Å². The standard InChI is InChI=1S/C14H20N2Si2/c1-17(2)11-5-7-13(15-9-11)14-8-6-12(10-16-14)18(3)4/h5-10,17-18H,1-4H3. The summed E-state index contributed by atoms with van der Waals surface area (Å²) in [4.78, 5) is 9.06. The minimum atomic E-state index is -0.742. The molecule has 2 rings (SSSR count). The van der Waals surface area contributed by atoms with Gasteiger partial charge in [-0.1, -0.05) is 38.3 Å². The predicted octanol–water partition coefficient (Wildman–Crippen LogP) is 1.53. The van der Waals surface area contributed by atoms with E-state index in [1.165, 1.54) is 10.4 Å². The number of pyridine rings is 2. The van der Waals surface area contributed by atoms with E-state index in [2.05, 4.69) is 60.4 Å². The van der Waals surface area contributed by atoms with E-state index < -0.39 is 17.6 Å². The Morgan fingerprint density at radius 1 is 0.667 bits per heavy atom. The Kier molecular flexibility index (Phi) is 4.09. The van der Waals surface area contributed by atoms with Gasteiger partial charge < -0.3 is 0 Å². The van der Waals surface area contributed by atoms with Gasteiger partial charge >= 0.3 is 0 Å². The van der Waals surface area contributed by atoms with E-state index >= 15 is 0 Å². The molecule has 0 aliphatic heterocycles. The molecule has 0 unspecified atom stereocenters. The van der Waals surface area contributed by atoms with Crippen molar-refractivity contribution in [1.82, 2.24) is 9.97 Å². The molecule has 0 saturated carbocycles. The van der Waals surface area contributed by atoms with Gasteiger partial charge in [-0.05, 0) is 22.5 Å². The van der Waals surface area contributed by atoms with E-state index in [1.54, 1.807) is 0 Å². The summed E-state index contributed by atoms with van der Waals surface area (Å²) < 4.78 is 0. The first kappa shape index (κ1) is 13.2. The van der Waals surface area contributed by atoms with Crippen LogP contribution in [0, 0.1) is 0 Å². The van der Waals surface area contributed by atoms with Crippen LogP contribution in [-0.2, 0) is 0 Å². The molecule has 0 saturated heterocycles. The highest BCUT2D eigenvalue weighted by molar-refractivity contribution is 6.71. The zero-order valence-electron chi connectivity index (χ0n) is 11.5. The Bertz CT molecular complexity index is 455. The van der Waals surface area contributed by atoms with Gasteiger partial charge in [0.15, 0.2) is 0 Å². The Labute approximate surface area is 112 Å². The Balaban J connectivity index is 2.25. The maximum atomic E-state index is 4.53. The molecule has 0 radical (unpaired) electrons. The summed E-state index contributed by atoms with van der Waals surface area (Å²) in [6.07, 6.45) is 4.03. The SMILES string of the molecule is C[SiH](C)c1ccc(-c2ccc([SiH](C)C)cn2)nc1. The van der Waals surface area contributed by atoms with E-state index in [-0.39, 0.29) is 0 Å². The minimum Gasteiger partial charge on any atom is -0.255 e. The van der Waals surface area contributed by atoms with Crippen LogP contribution in [0.15, 0.2) is 36.7 Å². The lowest BCUT2D eigenvalue weighted by Gasteiger charge is -2.06. The lowest BCUT2D eigenvalue weighted by atomic mass is 10.2. The van der Waals surface area contributed by atoms with Crippen molar-refractivity contribution in [3.05, 3.63) is 36.7 Å². The number of nitrogens with zero attached hydrogens (tertiary/aromatic N) is 2. The molecule has 0 bridgehead atoms. The smallest absolute Gasteiger partial charge is 0.0885 e. The first-order chi connectivity index (χ1) is 8.58. The topological polar surface area (TPSA) is 25.8 Å². The van der Waals surface area contributed by atoms with Crippen LogP contribution in [0.2, 0.25) is 26.2 Å². The zero-order chi connectivity index (χ0) is 13.1. The van der Waals surface area contributed by atoms with Crippen molar-refractivity contribution in [3.63, 3.8) is 0 Å². The van der Waals surface area contributed by atoms with Gasteiger partial charge in [0.2, 0.25) is 0 Å². The number of hydrogen-bond acceptors (Lipinski definition) is 2. The fourth-order valence-corrected chi connectivity index (χ4v) is 3.50. The molecule has 4 heteroatoms. The lowest BCUT2D eigenvalue weighted by molar-refractivity contribution is 1.26.